The molecule has 1 unspecified atom stereocenters. The number of amidine groups is 1. The topological polar surface area (TPSA) is 113 Å². The zero-order valence-corrected chi connectivity index (χ0v) is 24.6. The van der Waals surface area contributed by atoms with Gasteiger partial charge in [0.1, 0.15) is 12.1 Å². The summed E-state index contributed by atoms with van der Waals surface area (Å²) < 4.78 is 42.5. The molecule has 1 saturated heterocycles. The first-order chi connectivity index (χ1) is 20.9. The quantitative estimate of drug-likeness (QED) is 0.235. The van der Waals surface area contributed by atoms with Crippen LogP contribution in [-0.2, 0) is 9.59 Å². The molecule has 0 aliphatic carbocycles. The number of nitriles is 1. The first kappa shape index (κ1) is 30.5. The van der Waals surface area contributed by atoms with Crippen LogP contribution >= 0.6 is 11.8 Å². The number of carbonyl (C=O) groups excluding carboxylic acids is 2. The third kappa shape index (κ3) is 6.81. The molecule has 5 rings (SSSR count). The van der Waals surface area contributed by atoms with Crippen LogP contribution in [-0.4, -0.2) is 43.9 Å². The largest absolute Gasteiger partial charge is 0.573 e. The lowest BCUT2D eigenvalue weighted by atomic mass is 9.96. The van der Waals surface area contributed by atoms with Crippen molar-refractivity contribution in [3.8, 4) is 28.9 Å². The lowest BCUT2D eigenvalue weighted by molar-refractivity contribution is -0.274. The second-order valence-electron chi connectivity index (χ2n) is 10.1. The minimum Gasteiger partial charge on any atom is -0.406 e. The van der Waals surface area contributed by atoms with E-state index in [1.165, 1.54) is 51.9 Å². The van der Waals surface area contributed by atoms with E-state index in [-0.39, 0.29) is 23.8 Å². The zero-order chi connectivity index (χ0) is 31.6. The van der Waals surface area contributed by atoms with Crippen molar-refractivity contribution in [3.63, 3.8) is 0 Å². The zero-order valence-electron chi connectivity index (χ0n) is 23.8. The van der Waals surface area contributed by atoms with Gasteiger partial charge in [0.15, 0.2) is 11.0 Å². The van der Waals surface area contributed by atoms with Crippen LogP contribution in [0.5, 0.6) is 5.75 Å². The average Bonchev–Trinajstić information content (AvgIpc) is 3.59. The number of hydrogen-bond donors (Lipinski definition) is 0. The summed E-state index contributed by atoms with van der Waals surface area (Å²) in [5, 5.41) is 14.5. The molecule has 2 heterocycles. The number of nitrogens with zero attached hydrogens (tertiary/aromatic N) is 6. The SMILES string of the molecule is Cc1cc(C)c(N2C(=O)CSC2=NC(=O)CC(C#N)c2ccc(-c3ncn(-c4ccc(OC(F)(F)F)cc4)n3)cc2)c(C)c1. The third-order valence-electron chi connectivity index (χ3n) is 6.78. The Morgan fingerprint density at radius 3 is 2.36 bits per heavy atom. The van der Waals surface area contributed by atoms with Gasteiger partial charge < -0.3 is 4.74 Å². The second-order valence-corrected chi connectivity index (χ2v) is 11.1. The molecule has 13 heteroatoms. The highest BCUT2D eigenvalue weighted by atomic mass is 32.2. The predicted molar refractivity (Wildman–Crippen MR) is 159 cm³/mol. The van der Waals surface area contributed by atoms with Crippen molar-refractivity contribution in [1.82, 2.24) is 14.8 Å². The van der Waals surface area contributed by atoms with Gasteiger partial charge in [-0.1, -0.05) is 53.7 Å². The van der Waals surface area contributed by atoms with Crippen LogP contribution in [0.1, 0.15) is 34.6 Å². The van der Waals surface area contributed by atoms with E-state index in [9.17, 15) is 28.0 Å². The number of rotatable bonds is 7. The first-order valence-corrected chi connectivity index (χ1v) is 14.3. The summed E-state index contributed by atoms with van der Waals surface area (Å²) in [6.07, 6.45) is -3.53. The van der Waals surface area contributed by atoms with Crippen molar-refractivity contribution >= 4 is 34.4 Å². The van der Waals surface area contributed by atoms with Crippen molar-refractivity contribution in [2.45, 2.75) is 39.5 Å². The fraction of sp³-hybridized carbons (Fsp3) is 0.226. The number of halogens is 3. The smallest absolute Gasteiger partial charge is 0.406 e. The van der Waals surface area contributed by atoms with Crippen molar-refractivity contribution in [1.29, 1.82) is 5.26 Å². The molecule has 0 N–H and O–H groups in total. The summed E-state index contributed by atoms with van der Waals surface area (Å²) in [5.41, 5.74) is 5.30. The van der Waals surface area contributed by atoms with Gasteiger partial charge in [0.25, 0.3) is 0 Å². The molecule has 1 aliphatic heterocycles. The van der Waals surface area contributed by atoms with E-state index in [1.807, 2.05) is 32.9 Å². The van der Waals surface area contributed by atoms with Gasteiger partial charge in [0.2, 0.25) is 11.8 Å². The molecule has 44 heavy (non-hydrogen) atoms. The highest BCUT2D eigenvalue weighted by Gasteiger charge is 2.33. The number of carbonyl (C=O) groups is 2. The Hall–Kier alpha value is -4.96. The molecular formula is C31H25F3N6O3S. The molecular weight excluding hydrogens is 593 g/mol. The highest BCUT2D eigenvalue weighted by molar-refractivity contribution is 8.15. The Labute approximate surface area is 255 Å². The summed E-state index contributed by atoms with van der Waals surface area (Å²) in [4.78, 5) is 35.7. The van der Waals surface area contributed by atoms with E-state index in [1.54, 1.807) is 24.3 Å². The number of hydrogen-bond acceptors (Lipinski definition) is 7. The van der Waals surface area contributed by atoms with E-state index in [4.69, 9.17) is 0 Å². The van der Waals surface area contributed by atoms with Gasteiger partial charge in [-0.25, -0.2) is 9.67 Å². The van der Waals surface area contributed by atoms with Crippen LogP contribution in [0.3, 0.4) is 0 Å². The van der Waals surface area contributed by atoms with Gasteiger partial charge in [0.05, 0.1) is 29.1 Å². The number of alkyl halides is 3. The third-order valence-corrected chi connectivity index (χ3v) is 7.70. The lowest BCUT2D eigenvalue weighted by Gasteiger charge is -2.21. The number of benzene rings is 3. The van der Waals surface area contributed by atoms with E-state index in [2.05, 4.69) is 25.9 Å². The molecule has 0 radical (unpaired) electrons. The van der Waals surface area contributed by atoms with Crippen molar-refractivity contribution in [3.05, 3.63) is 89.2 Å². The van der Waals surface area contributed by atoms with Gasteiger partial charge in [-0.05, 0) is 61.7 Å². The van der Waals surface area contributed by atoms with Crippen LogP contribution in [0.25, 0.3) is 17.1 Å². The molecule has 1 aromatic heterocycles. The minimum atomic E-state index is -4.78. The number of aliphatic imine (C=N–C) groups is 1. The first-order valence-electron chi connectivity index (χ1n) is 13.3. The molecule has 4 aromatic rings. The highest BCUT2D eigenvalue weighted by Crippen LogP contribution is 2.33. The molecule has 224 valence electrons. The molecule has 0 bridgehead atoms. The van der Waals surface area contributed by atoms with Crippen LogP contribution in [0.15, 0.2) is 72.0 Å². The van der Waals surface area contributed by atoms with Gasteiger partial charge in [-0.2, -0.15) is 10.3 Å². The van der Waals surface area contributed by atoms with E-state index in [0.29, 0.717) is 33.5 Å². The number of aromatic nitrogens is 3. The maximum Gasteiger partial charge on any atom is 0.573 e. The molecule has 3 aromatic carbocycles. The molecule has 1 atom stereocenters. The lowest BCUT2D eigenvalue weighted by Crippen LogP contribution is -2.31. The Bertz CT molecular complexity index is 1770. The minimum absolute atomic E-state index is 0.160. The summed E-state index contributed by atoms with van der Waals surface area (Å²) in [5.74, 6) is -1.28. The summed E-state index contributed by atoms with van der Waals surface area (Å²) in [7, 11) is 0. The van der Waals surface area contributed by atoms with Gasteiger partial charge in [-0.3, -0.25) is 14.5 Å². The van der Waals surface area contributed by atoms with E-state index in [0.717, 1.165) is 16.7 Å². The fourth-order valence-electron chi connectivity index (χ4n) is 4.94. The summed E-state index contributed by atoms with van der Waals surface area (Å²) in [6.45, 7) is 5.80. The predicted octanol–water partition coefficient (Wildman–Crippen LogP) is 6.42. The summed E-state index contributed by atoms with van der Waals surface area (Å²) in [6, 6.07) is 18.1. The van der Waals surface area contributed by atoms with Gasteiger partial charge >= 0.3 is 6.36 Å². The number of ether oxygens (including phenoxy) is 1. The Morgan fingerprint density at radius 2 is 1.75 bits per heavy atom. The molecule has 2 amide bonds. The van der Waals surface area contributed by atoms with E-state index >= 15 is 0 Å². The van der Waals surface area contributed by atoms with Crippen LogP contribution in [0, 0.1) is 32.1 Å². The van der Waals surface area contributed by atoms with Crippen LogP contribution in [0.2, 0.25) is 0 Å². The molecule has 1 fully saturated rings. The number of thioether (sulfide) groups is 1. The fourth-order valence-corrected chi connectivity index (χ4v) is 5.81. The Morgan fingerprint density at radius 1 is 1.09 bits per heavy atom. The van der Waals surface area contributed by atoms with Crippen LogP contribution in [0.4, 0.5) is 18.9 Å². The van der Waals surface area contributed by atoms with Crippen molar-refractivity contribution in [2.24, 2.45) is 4.99 Å². The maximum atomic E-state index is 13.0. The normalized spacial score (nSPS) is 15.0. The van der Waals surface area contributed by atoms with Gasteiger partial charge in [-0.15, -0.1) is 18.3 Å². The summed E-state index contributed by atoms with van der Waals surface area (Å²) >= 11 is 1.19. The maximum absolute atomic E-state index is 13.0. The number of anilines is 1. The molecule has 9 nitrogen and oxygen atoms in total. The standard InChI is InChI=1S/C31H25F3N6O3S/c1-18-12-19(2)28(20(3)13-18)40-27(42)16-44-30(40)37-26(41)14-23(15-35)21-4-6-22(7-5-21)29-36-17-39(38-29)24-8-10-25(11-9-24)43-31(32,33)34/h4-13,17,23H,14,16H2,1-3H3. The Kier molecular flexibility index (Phi) is 8.55. The van der Waals surface area contributed by atoms with Crippen molar-refractivity contribution in [2.75, 3.05) is 10.7 Å². The monoisotopic (exact) mass is 618 g/mol. The molecule has 1 aliphatic rings. The van der Waals surface area contributed by atoms with E-state index < -0.39 is 18.2 Å². The molecule has 0 saturated carbocycles. The number of aryl methyl sites for hydroxylation is 3. The van der Waals surface area contributed by atoms with Gasteiger partial charge in [0, 0.05) is 12.0 Å². The Balaban J connectivity index is 1.28. The average molecular weight is 619 g/mol. The second kappa shape index (κ2) is 12.3. The molecule has 0 spiro atoms. The van der Waals surface area contributed by atoms with Crippen LogP contribution < -0.4 is 9.64 Å². The van der Waals surface area contributed by atoms with Crippen molar-refractivity contribution < 1.29 is 27.5 Å². The number of amides is 2.